The van der Waals surface area contributed by atoms with Crippen molar-refractivity contribution in [3.63, 3.8) is 0 Å². The standard InChI is InChI=1S/C13H14N4O/c1-2-9-3-5-10(6-4-9)18-12-8-16-11(7-17-12)13(14)15/h3-8H,2H2,1H3,(H3,14,15). The molecule has 0 amide bonds. The van der Waals surface area contributed by atoms with Crippen molar-refractivity contribution in [3.05, 3.63) is 47.9 Å². The first-order valence-electron chi connectivity index (χ1n) is 5.62. The summed E-state index contributed by atoms with van der Waals surface area (Å²) in [5, 5.41) is 7.21. The van der Waals surface area contributed by atoms with Crippen LogP contribution in [0, 0.1) is 5.41 Å². The number of hydrogen-bond acceptors (Lipinski definition) is 4. The number of ether oxygens (including phenoxy) is 1. The smallest absolute Gasteiger partial charge is 0.237 e. The van der Waals surface area contributed by atoms with Gasteiger partial charge in [0.1, 0.15) is 17.3 Å². The molecule has 1 aromatic heterocycles. The highest BCUT2D eigenvalue weighted by Crippen LogP contribution is 2.19. The minimum atomic E-state index is -0.110. The fourth-order valence-corrected chi connectivity index (χ4v) is 1.42. The molecule has 5 nitrogen and oxygen atoms in total. The lowest BCUT2D eigenvalue weighted by atomic mass is 10.2. The van der Waals surface area contributed by atoms with Crippen molar-refractivity contribution in [2.45, 2.75) is 13.3 Å². The van der Waals surface area contributed by atoms with Gasteiger partial charge in [0.15, 0.2) is 0 Å². The molecule has 18 heavy (non-hydrogen) atoms. The normalized spacial score (nSPS) is 10.1. The maximum Gasteiger partial charge on any atom is 0.237 e. The molecule has 0 atom stereocenters. The zero-order valence-electron chi connectivity index (χ0n) is 10.1. The molecule has 5 heteroatoms. The van der Waals surface area contributed by atoms with Crippen LogP contribution in [0.5, 0.6) is 11.6 Å². The van der Waals surface area contributed by atoms with Gasteiger partial charge in [-0.25, -0.2) is 9.97 Å². The van der Waals surface area contributed by atoms with E-state index in [-0.39, 0.29) is 5.84 Å². The Kier molecular flexibility index (Phi) is 3.52. The molecule has 92 valence electrons. The van der Waals surface area contributed by atoms with E-state index in [1.807, 2.05) is 24.3 Å². The van der Waals surface area contributed by atoms with E-state index in [2.05, 4.69) is 16.9 Å². The van der Waals surface area contributed by atoms with Gasteiger partial charge < -0.3 is 10.5 Å². The van der Waals surface area contributed by atoms with E-state index < -0.39 is 0 Å². The molecular formula is C13H14N4O. The molecule has 0 aliphatic rings. The Morgan fingerprint density at radius 2 is 1.94 bits per heavy atom. The predicted octanol–water partition coefficient (Wildman–Crippen LogP) is 2.12. The van der Waals surface area contributed by atoms with Crippen LogP contribution in [0.2, 0.25) is 0 Å². The Morgan fingerprint density at radius 1 is 1.22 bits per heavy atom. The SMILES string of the molecule is CCc1ccc(Oc2cnc(C(=N)N)cn2)cc1. The number of amidine groups is 1. The van der Waals surface area contributed by atoms with Crippen LogP contribution in [-0.2, 0) is 6.42 Å². The number of benzene rings is 1. The van der Waals surface area contributed by atoms with Crippen LogP contribution in [0.1, 0.15) is 18.2 Å². The molecule has 0 unspecified atom stereocenters. The Balaban J connectivity index is 2.10. The summed E-state index contributed by atoms with van der Waals surface area (Å²) in [6.07, 6.45) is 3.86. The van der Waals surface area contributed by atoms with E-state index in [0.29, 0.717) is 17.3 Å². The van der Waals surface area contributed by atoms with Gasteiger partial charge in [-0.2, -0.15) is 0 Å². The van der Waals surface area contributed by atoms with E-state index in [0.717, 1.165) is 6.42 Å². The molecule has 0 saturated carbocycles. The second-order valence-electron chi connectivity index (χ2n) is 3.75. The largest absolute Gasteiger partial charge is 0.438 e. The van der Waals surface area contributed by atoms with Gasteiger partial charge in [-0.15, -0.1) is 0 Å². The van der Waals surface area contributed by atoms with Crippen molar-refractivity contribution in [2.75, 3.05) is 0 Å². The van der Waals surface area contributed by atoms with Gasteiger partial charge in [0.05, 0.1) is 12.4 Å². The topological polar surface area (TPSA) is 84.9 Å². The molecule has 0 bridgehead atoms. The number of aromatic nitrogens is 2. The molecule has 0 saturated heterocycles. The molecule has 2 aromatic rings. The lowest BCUT2D eigenvalue weighted by molar-refractivity contribution is 0.460. The number of rotatable bonds is 4. The second kappa shape index (κ2) is 5.27. The van der Waals surface area contributed by atoms with Crippen LogP contribution in [0.25, 0.3) is 0 Å². The van der Waals surface area contributed by atoms with Crippen LogP contribution >= 0.6 is 0 Å². The number of hydrogen-bond donors (Lipinski definition) is 2. The number of nitrogens with two attached hydrogens (primary N) is 1. The lowest BCUT2D eigenvalue weighted by Crippen LogP contribution is -2.13. The molecule has 0 spiro atoms. The third-order valence-electron chi connectivity index (χ3n) is 2.46. The summed E-state index contributed by atoms with van der Waals surface area (Å²) in [7, 11) is 0. The number of aryl methyl sites for hydroxylation is 1. The molecular weight excluding hydrogens is 228 g/mol. The Morgan fingerprint density at radius 3 is 2.44 bits per heavy atom. The maximum absolute atomic E-state index is 7.21. The molecule has 1 aromatic carbocycles. The summed E-state index contributed by atoms with van der Waals surface area (Å²) in [4.78, 5) is 8.00. The van der Waals surface area contributed by atoms with Gasteiger partial charge in [-0.05, 0) is 24.1 Å². The Bertz CT molecular complexity index is 534. The molecule has 0 aliphatic carbocycles. The van der Waals surface area contributed by atoms with Crippen molar-refractivity contribution in [2.24, 2.45) is 5.73 Å². The van der Waals surface area contributed by atoms with Crippen molar-refractivity contribution < 1.29 is 4.74 Å². The van der Waals surface area contributed by atoms with Gasteiger partial charge in [-0.3, -0.25) is 5.41 Å². The first-order chi connectivity index (χ1) is 8.69. The first-order valence-corrected chi connectivity index (χ1v) is 5.62. The highest BCUT2D eigenvalue weighted by atomic mass is 16.5. The highest BCUT2D eigenvalue weighted by Gasteiger charge is 2.02. The fourth-order valence-electron chi connectivity index (χ4n) is 1.42. The molecule has 0 fully saturated rings. The van der Waals surface area contributed by atoms with Gasteiger partial charge >= 0.3 is 0 Å². The molecule has 0 aliphatic heterocycles. The van der Waals surface area contributed by atoms with E-state index in [9.17, 15) is 0 Å². The maximum atomic E-state index is 7.21. The van der Waals surface area contributed by atoms with E-state index in [1.54, 1.807) is 0 Å². The van der Waals surface area contributed by atoms with E-state index in [1.165, 1.54) is 18.0 Å². The second-order valence-corrected chi connectivity index (χ2v) is 3.75. The summed E-state index contributed by atoms with van der Waals surface area (Å²) in [5.41, 5.74) is 6.88. The number of nitrogens with zero attached hydrogens (tertiary/aromatic N) is 2. The average molecular weight is 242 g/mol. The minimum absolute atomic E-state index is 0.110. The Hall–Kier alpha value is -2.43. The predicted molar refractivity (Wildman–Crippen MR) is 68.9 cm³/mol. The summed E-state index contributed by atoms with van der Waals surface area (Å²) < 4.78 is 5.53. The molecule has 1 heterocycles. The highest BCUT2D eigenvalue weighted by molar-refractivity contribution is 5.92. The minimum Gasteiger partial charge on any atom is -0.438 e. The summed E-state index contributed by atoms with van der Waals surface area (Å²) in [5.74, 6) is 0.975. The number of nitrogens with one attached hydrogen (secondary N) is 1. The van der Waals surface area contributed by atoms with Crippen LogP contribution in [0.3, 0.4) is 0 Å². The summed E-state index contributed by atoms with van der Waals surface area (Å²) >= 11 is 0. The zero-order valence-corrected chi connectivity index (χ0v) is 10.1. The Labute approximate surface area is 105 Å². The van der Waals surface area contributed by atoms with Crippen molar-refractivity contribution in [1.82, 2.24) is 9.97 Å². The quantitative estimate of drug-likeness (QED) is 0.635. The van der Waals surface area contributed by atoms with Crippen molar-refractivity contribution >= 4 is 5.84 Å². The summed E-state index contributed by atoms with van der Waals surface area (Å²) in [6, 6.07) is 7.79. The average Bonchev–Trinajstić information content (AvgIpc) is 2.40. The van der Waals surface area contributed by atoms with Gasteiger partial charge in [0.25, 0.3) is 0 Å². The van der Waals surface area contributed by atoms with Crippen molar-refractivity contribution in [1.29, 1.82) is 5.41 Å². The lowest BCUT2D eigenvalue weighted by Gasteiger charge is -2.05. The summed E-state index contributed by atoms with van der Waals surface area (Å²) in [6.45, 7) is 2.10. The van der Waals surface area contributed by atoms with Gasteiger partial charge in [0, 0.05) is 0 Å². The molecule has 2 rings (SSSR count). The van der Waals surface area contributed by atoms with Crippen LogP contribution in [0.4, 0.5) is 0 Å². The zero-order chi connectivity index (χ0) is 13.0. The fraction of sp³-hybridized carbons (Fsp3) is 0.154. The third kappa shape index (κ3) is 2.82. The van der Waals surface area contributed by atoms with Crippen LogP contribution < -0.4 is 10.5 Å². The third-order valence-corrected chi connectivity index (χ3v) is 2.46. The van der Waals surface area contributed by atoms with Gasteiger partial charge in [-0.1, -0.05) is 19.1 Å². The van der Waals surface area contributed by atoms with Crippen LogP contribution in [0.15, 0.2) is 36.7 Å². The molecule has 3 N–H and O–H groups in total. The monoisotopic (exact) mass is 242 g/mol. The number of nitrogen functional groups attached to an aromatic ring is 1. The first kappa shape index (κ1) is 12.0. The van der Waals surface area contributed by atoms with E-state index in [4.69, 9.17) is 15.9 Å². The molecule has 0 radical (unpaired) electrons. The van der Waals surface area contributed by atoms with Crippen molar-refractivity contribution in [3.8, 4) is 11.6 Å². The van der Waals surface area contributed by atoms with Crippen LogP contribution in [-0.4, -0.2) is 15.8 Å². The van der Waals surface area contributed by atoms with Gasteiger partial charge in [0.2, 0.25) is 5.88 Å². The van der Waals surface area contributed by atoms with E-state index >= 15 is 0 Å².